The first kappa shape index (κ1) is 12.8. The molecule has 1 aliphatic carbocycles. The Morgan fingerprint density at radius 2 is 2.00 bits per heavy atom. The van der Waals surface area contributed by atoms with Gasteiger partial charge in [0.05, 0.1) is 5.69 Å². The van der Waals surface area contributed by atoms with Gasteiger partial charge in [-0.3, -0.25) is 0 Å². The second-order valence-electron chi connectivity index (χ2n) is 4.93. The van der Waals surface area contributed by atoms with E-state index in [9.17, 15) is 0 Å². The zero-order chi connectivity index (χ0) is 13.4. The van der Waals surface area contributed by atoms with Gasteiger partial charge in [-0.15, -0.1) is 0 Å². The summed E-state index contributed by atoms with van der Waals surface area (Å²) in [4.78, 5) is 9.15. The SMILES string of the molecule is CCc1cc(CC)n(-c2cc(Br)nc(C3CC3)n2)n1. The summed E-state index contributed by atoms with van der Waals surface area (Å²) >= 11 is 3.48. The molecule has 1 fully saturated rings. The first-order valence-corrected chi connectivity index (χ1v) is 7.63. The highest BCUT2D eigenvalue weighted by atomic mass is 79.9. The molecule has 2 heterocycles. The smallest absolute Gasteiger partial charge is 0.158 e. The van der Waals surface area contributed by atoms with E-state index < -0.39 is 0 Å². The molecule has 0 bridgehead atoms. The third kappa shape index (κ3) is 2.56. The van der Waals surface area contributed by atoms with Crippen LogP contribution in [0.5, 0.6) is 0 Å². The van der Waals surface area contributed by atoms with Gasteiger partial charge in [0.25, 0.3) is 0 Å². The van der Waals surface area contributed by atoms with Crippen LogP contribution in [0.15, 0.2) is 16.7 Å². The molecular weight excluding hydrogens is 304 g/mol. The summed E-state index contributed by atoms with van der Waals surface area (Å²) in [6.45, 7) is 4.27. The third-order valence-electron chi connectivity index (χ3n) is 3.42. The predicted octanol–water partition coefficient (Wildman–Crippen LogP) is 3.43. The average Bonchev–Trinajstić information content (AvgIpc) is 3.17. The quantitative estimate of drug-likeness (QED) is 0.811. The second kappa shape index (κ2) is 5.04. The Morgan fingerprint density at radius 1 is 1.21 bits per heavy atom. The zero-order valence-corrected chi connectivity index (χ0v) is 12.8. The second-order valence-corrected chi connectivity index (χ2v) is 5.74. The van der Waals surface area contributed by atoms with E-state index in [1.807, 2.05) is 10.7 Å². The molecule has 5 heteroatoms. The molecule has 3 rings (SSSR count). The van der Waals surface area contributed by atoms with E-state index >= 15 is 0 Å². The highest BCUT2D eigenvalue weighted by Crippen LogP contribution is 2.38. The first-order chi connectivity index (χ1) is 9.21. The summed E-state index contributed by atoms with van der Waals surface area (Å²) in [7, 11) is 0. The number of hydrogen-bond donors (Lipinski definition) is 0. The van der Waals surface area contributed by atoms with Crippen molar-refractivity contribution in [2.75, 3.05) is 0 Å². The first-order valence-electron chi connectivity index (χ1n) is 6.84. The molecule has 0 amide bonds. The molecule has 0 spiro atoms. The van der Waals surface area contributed by atoms with Crippen molar-refractivity contribution < 1.29 is 0 Å². The van der Waals surface area contributed by atoms with Crippen LogP contribution in [0.2, 0.25) is 0 Å². The highest BCUT2D eigenvalue weighted by Gasteiger charge is 2.27. The van der Waals surface area contributed by atoms with Crippen LogP contribution in [0.4, 0.5) is 0 Å². The molecule has 0 aromatic carbocycles. The molecule has 0 atom stereocenters. The minimum absolute atomic E-state index is 0.544. The summed E-state index contributed by atoms with van der Waals surface area (Å²) in [5.41, 5.74) is 2.31. The van der Waals surface area contributed by atoms with Crippen LogP contribution in [0.1, 0.15) is 49.8 Å². The van der Waals surface area contributed by atoms with Gasteiger partial charge in [-0.05, 0) is 47.7 Å². The lowest BCUT2D eigenvalue weighted by atomic mass is 10.2. The lowest BCUT2D eigenvalue weighted by Crippen LogP contribution is -2.07. The number of aromatic nitrogens is 4. The molecule has 100 valence electrons. The van der Waals surface area contributed by atoms with E-state index in [2.05, 4.69) is 50.9 Å². The van der Waals surface area contributed by atoms with Gasteiger partial charge in [-0.2, -0.15) is 5.10 Å². The molecule has 0 N–H and O–H groups in total. The van der Waals surface area contributed by atoms with Crippen LogP contribution in [-0.4, -0.2) is 19.7 Å². The Labute approximate surface area is 121 Å². The Bertz CT molecular complexity index is 601. The van der Waals surface area contributed by atoms with Crippen molar-refractivity contribution in [1.82, 2.24) is 19.7 Å². The van der Waals surface area contributed by atoms with Gasteiger partial charge >= 0.3 is 0 Å². The standard InChI is InChI=1S/C14H17BrN4/c1-3-10-7-11(4-2)19(18-10)13-8-12(15)16-14(17-13)9-5-6-9/h7-9H,3-6H2,1-2H3. The Hall–Kier alpha value is -1.23. The lowest BCUT2D eigenvalue weighted by Gasteiger charge is -2.07. The van der Waals surface area contributed by atoms with E-state index in [1.165, 1.54) is 18.5 Å². The average molecular weight is 321 g/mol. The number of aryl methyl sites for hydroxylation is 2. The van der Waals surface area contributed by atoms with Crippen LogP contribution < -0.4 is 0 Å². The molecule has 1 aliphatic rings. The van der Waals surface area contributed by atoms with E-state index in [-0.39, 0.29) is 0 Å². The van der Waals surface area contributed by atoms with Crippen molar-refractivity contribution >= 4 is 15.9 Å². The van der Waals surface area contributed by atoms with Crippen molar-refractivity contribution in [3.8, 4) is 5.82 Å². The number of hydrogen-bond acceptors (Lipinski definition) is 3. The molecule has 2 aromatic rings. The largest absolute Gasteiger partial charge is 0.226 e. The van der Waals surface area contributed by atoms with Crippen molar-refractivity contribution in [3.63, 3.8) is 0 Å². The summed E-state index contributed by atoms with van der Waals surface area (Å²) in [6.07, 6.45) is 4.31. The summed E-state index contributed by atoms with van der Waals surface area (Å²) in [5, 5.41) is 4.64. The van der Waals surface area contributed by atoms with Gasteiger partial charge in [-0.25, -0.2) is 14.6 Å². The van der Waals surface area contributed by atoms with Gasteiger partial charge in [0.1, 0.15) is 10.4 Å². The topological polar surface area (TPSA) is 43.6 Å². The maximum absolute atomic E-state index is 4.68. The van der Waals surface area contributed by atoms with E-state index in [1.54, 1.807) is 0 Å². The minimum Gasteiger partial charge on any atom is -0.226 e. The fourth-order valence-corrected chi connectivity index (χ4v) is 2.54. The molecule has 0 radical (unpaired) electrons. The Morgan fingerprint density at radius 3 is 2.63 bits per heavy atom. The fraction of sp³-hybridized carbons (Fsp3) is 0.500. The summed E-state index contributed by atoms with van der Waals surface area (Å²) in [6, 6.07) is 4.10. The van der Waals surface area contributed by atoms with Crippen LogP contribution in [-0.2, 0) is 12.8 Å². The summed E-state index contributed by atoms with van der Waals surface area (Å²) in [5.74, 6) is 2.36. The van der Waals surface area contributed by atoms with Gasteiger partial charge < -0.3 is 0 Å². The van der Waals surface area contributed by atoms with Gasteiger partial charge in [0, 0.05) is 17.7 Å². The van der Waals surface area contributed by atoms with Gasteiger partial charge in [-0.1, -0.05) is 13.8 Å². The van der Waals surface area contributed by atoms with E-state index in [4.69, 9.17) is 0 Å². The van der Waals surface area contributed by atoms with Gasteiger partial charge in [0.2, 0.25) is 0 Å². The number of rotatable bonds is 4. The predicted molar refractivity (Wildman–Crippen MR) is 77.6 cm³/mol. The zero-order valence-electron chi connectivity index (χ0n) is 11.2. The van der Waals surface area contributed by atoms with E-state index in [0.29, 0.717) is 5.92 Å². The molecule has 0 unspecified atom stereocenters. The molecule has 19 heavy (non-hydrogen) atoms. The molecule has 2 aromatic heterocycles. The molecule has 0 saturated heterocycles. The fourth-order valence-electron chi connectivity index (χ4n) is 2.15. The van der Waals surface area contributed by atoms with Crippen LogP contribution in [0.25, 0.3) is 5.82 Å². The Kier molecular flexibility index (Phi) is 3.39. The minimum atomic E-state index is 0.544. The lowest BCUT2D eigenvalue weighted by molar-refractivity contribution is 0.752. The molecule has 4 nitrogen and oxygen atoms in total. The number of nitrogens with zero attached hydrogens (tertiary/aromatic N) is 4. The third-order valence-corrected chi connectivity index (χ3v) is 3.82. The van der Waals surface area contributed by atoms with Crippen LogP contribution in [0, 0.1) is 0 Å². The van der Waals surface area contributed by atoms with Gasteiger partial charge in [0.15, 0.2) is 5.82 Å². The molecular formula is C14H17BrN4. The molecule has 0 aliphatic heterocycles. The van der Waals surface area contributed by atoms with Crippen molar-refractivity contribution in [1.29, 1.82) is 0 Å². The maximum atomic E-state index is 4.68. The normalized spacial score (nSPS) is 14.9. The summed E-state index contributed by atoms with van der Waals surface area (Å²) < 4.78 is 2.80. The van der Waals surface area contributed by atoms with E-state index in [0.717, 1.165) is 34.8 Å². The maximum Gasteiger partial charge on any atom is 0.158 e. The van der Waals surface area contributed by atoms with Crippen LogP contribution in [0.3, 0.4) is 0 Å². The van der Waals surface area contributed by atoms with Crippen molar-refractivity contribution in [2.24, 2.45) is 0 Å². The van der Waals surface area contributed by atoms with Crippen LogP contribution >= 0.6 is 15.9 Å². The monoisotopic (exact) mass is 320 g/mol. The Balaban J connectivity index is 2.07. The highest BCUT2D eigenvalue weighted by molar-refractivity contribution is 9.10. The molecule has 1 saturated carbocycles. The van der Waals surface area contributed by atoms with Crippen molar-refractivity contribution in [2.45, 2.75) is 45.4 Å². The number of halogens is 1. The van der Waals surface area contributed by atoms with Crippen molar-refractivity contribution in [3.05, 3.63) is 33.9 Å².